The van der Waals surface area contributed by atoms with Crippen LogP contribution in [0, 0.1) is 31.5 Å². The molecule has 6 nitrogen and oxygen atoms in total. The number of hydrogen-bond acceptors (Lipinski definition) is 4. The number of aryl methyl sites for hydroxylation is 2. The van der Waals surface area contributed by atoms with Crippen LogP contribution < -0.4 is 4.74 Å². The minimum atomic E-state index is -0.405. The third-order valence-electron chi connectivity index (χ3n) is 7.41. The first kappa shape index (κ1) is 23.1. The Bertz CT molecular complexity index is 1270. The summed E-state index contributed by atoms with van der Waals surface area (Å²) in [6.45, 7) is 8.91. The highest BCUT2D eigenvalue weighted by molar-refractivity contribution is 6.31. The molecule has 2 aliphatic rings. The third-order valence-corrected chi connectivity index (χ3v) is 7.96. The molecule has 8 heteroatoms. The van der Waals surface area contributed by atoms with Crippen LogP contribution in [0.3, 0.4) is 0 Å². The standard InChI is InChI=1S/C26H30ClFN4O2/c1-5-17-7-6-14(2)10-22(17)34-23-11-18(28)8-9-19(23)26(33)31-12-20-21(13-31)30-32-16(4)24(27)15(3)29-25(20)32/h8-9,11,14,17,22H,5-7,10,12-13H2,1-4H3/t14?,17?,22-/m1/s1. The molecule has 0 radical (unpaired) electrons. The molecule has 1 saturated carbocycles. The second kappa shape index (κ2) is 8.84. The van der Waals surface area contributed by atoms with Gasteiger partial charge in [-0.05, 0) is 57.1 Å². The SMILES string of the molecule is CCC1CCC(C)C[C@H]1Oc1cc(F)ccc1C(=O)N1Cc2nn3c(C)c(Cl)c(C)nc3c2C1. The van der Waals surface area contributed by atoms with E-state index in [1.165, 1.54) is 24.6 Å². The second-order valence-electron chi connectivity index (χ2n) is 9.80. The van der Waals surface area contributed by atoms with Gasteiger partial charge in [-0.25, -0.2) is 13.9 Å². The topological polar surface area (TPSA) is 59.7 Å². The lowest BCUT2D eigenvalue weighted by molar-refractivity contribution is 0.0625. The summed E-state index contributed by atoms with van der Waals surface area (Å²) in [5.74, 6) is 0.705. The van der Waals surface area contributed by atoms with Crippen molar-refractivity contribution in [3.63, 3.8) is 0 Å². The molecule has 1 amide bonds. The molecule has 0 N–H and O–H groups in total. The van der Waals surface area contributed by atoms with Crippen molar-refractivity contribution in [2.24, 2.45) is 11.8 Å². The summed E-state index contributed by atoms with van der Waals surface area (Å²) in [4.78, 5) is 19.9. The number of benzene rings is 1. The Balaban J connectivity index is 1.42. The summed E-state index contributed by atoms with van der Waals surface area (Å²) in [7, 11) is 0. The highest BCUT2D eigenvalue weighted by atomic mass is 35.5. The Hall–Kier alpha value is -2.67. The number of rotatable bonds is 4. The molecule has 2 unspecified atom stereocenters. The fourth-order valence-corrected chi connectivity index (χ4v) is 5.49. The van der Waals surface area contributed by atoms with Gasteiger partial charge in [0.2, 0.25) is 0 Å². The number of ether oxygens (including phenoxy) is 1. The van der Waals surface area contributed by atoms with E-state index in [9.17, 15) is 9.18 Å². The first-order valence-corrected chi connectivity index (χ1v) is 12.4. The van der Waals surface area contributed by atoms with Crippen molar-refractivity contribution >= 4 is 23.2 Å². The maximum absolute atomic E-state index is 14.2. The summed E-state index contributed by atoms with van der Waals surface area (Å²) < 4.78 is 22.3. The molecule has 1 aromatic carbocycles. The number of amides is 1. The average Bonchev–Trinajstić information content (AvgIpc) is 3.37. The van der Waals surface area contributed by atoms with E-state index in [4.69, 9.17) is 16.3 Å². The number of aromatic nitrogens is 3. The fourth-order valence-electron chi connectivity index (χ4n) is 5.36. The van der Waals surface area contributed by atoms with Crippen LogP contribution in [-0.2, 0) is 13.1 Å². The van der Waals surface area contributed by atoms with Crippen molar-refractivity contribution in [1.29, 1.82) is 0 Å². The van der Waals surface area contributed by atoms with Crippen LogP contribution in [0.25, 0.3) is 5.65 Å². The number of fused-ring (bicyclic) bond motifs is 3. The first-order chi connectivity index (χ1) is 16.3. The van der Waals surface area contributed by atoms with Crippen LogP contribution in [0.1, 0.15) is 72.5 Å². The van der Waals surface area contributed by atoms with Gasteiger partial charge < -0.3 is 9.64 Å². The van der Waals surface area contributed by atoms with Crippen molar-refractivity contribution in [1.82, 2.24) is 19.5 Å². The summed E-state index contributed by atoms with van der Waals surface area (Å²) in [5.41, 5.74) is 4.41. The van der Waals surface area contributed by atoms with E-state index in [1.54, 1.807) is 9.42 Å². The van der Waals surface area contributed by atoms with Crippen molar-refractivity contribution < 1.29 is 13.9 Å². The van der Waals surface area contributed by atoms with Gasteiger partial charge in [0.1, 0.15) is 17.7 Å². The zero-order valence-electron chi connectivity index (χ0n) is 20.1. The highest BCUT2D eigenvalue weighted by Gasteiger charge is 2.34. The molecule has 1 aliphatic carbocycles. The Morgan fingerprint density at radius 2 is 2.06 bits per heavy atom. The van der Waals surface area contributed by atoms with Gasteiger partial charge in [-0.15, -0.1) is 0 Å². The Labute approximate surface area is 204 Å². The highest BCUT2D eigenvalue weighted by Crippen LogP contribution is 2.36. The van der Waals surface area contributed by atoms with Gasteiger partial charge in [-0.3, -0.25) is 4.79 Å². The fraction of sp³-hybridized carbons (Fsp3) is 0.500. The predicted molar refractivity (Wildman–Crippen MR) is 129 cm³/mol. The zero-order chi connectivity index (χ0) is 24.1. The smallest absolute Gasteiger partial charge is 0.258 e. The van der Waals surface area contributed by atoms with Crippen molar-refractivity contribution in [3.8, 4) is 5.75 Å². The Morgan fingerprint density at radius 1 is 1.26 bits per heavy atom. The predicted octanol–water partition coefficient (Wildman–Crippen LogP) is 5.89. The lowest BCUT2D eigenvalue weighted by Crippen LogP contribution is -2.34. The number of carbonyl (C=O) groups excluding carboxylic acids is 1. The van der Waals surface area contributed by atoms with Crippen LogP contribution in [0.2, 0.25) is 5.02 Å². The van der Waals surface area contributed by atoms with Crippen molar-refractivity contribution in [3.05, 3.63) is 57.2 Å². The van der Waals surface area contributed by atoms with E-state index < -0.39 is 5.82 Å². The summed E-state index contributed by atoms with van der Waals surface area (Å²) >= 11 is 6.35. The van der Waals surface area contributed by atoms with Crippen LogP contribution in [0.15, 0.2) is 18.2 Å². The molecule has 3 atom stereocenters. The lowest BCUT2D eigenvalue weighted by atomic mass is 9.79. The maximum atomic E-state index is 14.2. The molecule has 1 aliphatic heterocycles. The Morgan fingerprint density at radius 3 is 2.82 bits per heavy atom. The molecule has 0 spiro atoms. The minimum absolute atomic E-state index is 0.0121. The third kappa shape index (κ3) is 3.94. The Kier molecular flexibility index (Phi) is 6.00. The van der Waals surface area contributed by atoms with Crippen LogP contribution in [0.5, 0.6) is 5.75 Å². The van der Waals surface area contributed by atoms with E-state index in [0.717, 1.165) is 47.6 Å². The van der Waals surface area contributed by atoms with Gasteiger partial charge in [-0.1, -0.05) is 31.9 Å². The molecule has 180 valence electrons. The molecule has 0 bridgehead atoms. The molecular formula is C26H30ClFN4O2. The second-order valence-corrected chi connectivity index (χ2v) is 10.2. The average molecular weight is 485 g/mol. The number of carbonyl (C=O) groups is 1. The largest absolute Gasteiger partial charge is 0.489 e. The molecule has 1 fully saturated rings. The number of nitrogens with zero attached hydrogens (tertiary/aromatic N) is 4. The number of hydrogen-bond donors (Lipinski definition) is 0. The summed E-state index contributed by atoms with van der Waals surface area (Å²) in [6, 6.07) is 4.21. The summed E-state index contributed by atoms with van der Waals surface area (Å²) in [5, 5.41) is 5.26. The van der Waals surface area contributed by atoms with E-state index >= 15 is 0 Å². The van der Waals surface area contributed by atoms with Crippen LogP contribution >= 0.6 is 11.6 Å². The van der Waals surface area contributed by atoms with Crippen LogP contribution in [0.4, 0.5) is 4.39 Å². The van der Waals surface area contributed by atoms with Gasteiger partial charge in [0.05, 0.1) is 40.8 Å². The minimum Gasteiger partial charge on any atom is -0.489 e. The van der Waals surface area contributed by atoms with Crippen molar-refractivity contribution in [2.75, 3.05) is 0 Å². The van der Waals surface area contributed by atoms with E-state index in [2.05, 4.69) is 23.9 Å². The molecule has 34 heavy (non-hydrogen) atoms. The molecule has 3 heterocycles. The molecular weight excluding hydrogens is 455 g/mol. The summed E-state index contributed by atoms with van der Waals surface area (Å²) in [6.07, 6.45) is 4.19. The van der Waals surface area contributed by atoms with E-state index in [1.807, 2.05) is 13.8 Å². The van der Waals surface area contributed by atoms with Gasteiger partial charge >= 0.3 is 0 Å². The lowest BCUT2D eigenvalue weighted by Gasteiger charge is -2.35. The molecule has 2 aromatic heterocycles. The monoisotopic (exact) mass is 484 g/mol. The molecule has 5 rings (SSSR count). The van der Waals surface area contributed by atoms with Gasteiger partial charge in [-0.2, -0.15) is 5.10 Å². The van der Waals surface area contributed by atoms with Gasteiger partial charge in [0.25, 0.3) is 5.91 Å². The number of halogens is 2. The molecule has 3 aromatic rings. The zero-order valence-corrected chi connectivity index (χ0v) is 20.8. The van der Waals surface area contributed by atoms with Gasteiger partial charge in [0, 0.05) is 11.6 Å². The van der Waals surface area contributed by atoms with Gasteiger partial charge in [0.15, 0.2) is 5.65 Å². The van der Waals surface area contributed by atoms with E-state index in [-0.39, 0.29) is 12.0 Å². The van der Waals surface area contributed by atoms with E-state index in [0.29, 0.717) is 41.3 Å². The van der Waals surface area contributed by atoms with Crippen LogP contribution in [-0.4, -0.2) is 31.5 Å². The first-order valence-electron chi connectivity index (χ1n) is 12.1. The van der Waals surface area contributed by atoms with Crippen molar-refractivity contribution in [2.45, 2.75) is 72.6 Å². The molecule has 0 saturated heterocycles. The normalized spacial score (nSPS) is 22.3. The maximum Gasteiger partial charge on any atom is 0.258 e. The quantitative estimate of drug-likeness (QED) is 0.463.